The van der Waals surface area contributed by atoms with Crippen molar-refractivity contribution in [2.75, 3.05) is 5.73 Å². The molecule has 0 fully saturated rings. The Morgan fingerprint density at radius 3 is 2.68 bits per heavy atom. The molecule has 0 aliphatic carbocycles. The average Bonchev–Trinajstić information content (AvgIpc) is 2.37. The first kappa shape index (κ1) is 13.5. The molecule has 0 aromatic heterocycles. The number of thioether (sulfide) groups is 1. The molecule has 0 radical (unpaired) electrons. The van der Waals surface area contributed by atoms with Crippen LogP contribution in [0.15, 0.2) is 47.4 Å². The van der Waals surface area contributed by atoms with Crippen LogP contribution in [0.2, 0.25) is 0 Å². The summed E-state index contributed by atoms with van der Waals surface area (Å²) in [5.41, 5.74) is 9.06. The number of benzene rings is 2. The van der Waals surface area contributed by atoms with E-state index in [1.54, 1.807) is 23.9 Å². The summed E-state index contributed by atoms with van der Waals surface area (Å²) in [5.74, 6) is -0.139. The predicted molar refractivity (Wildman–Crippen MR) is 78.6 cm³/mol. The largest absolute Gasteiger partial charge is 0.478 e. The van der Waals surface area contributed by atoms with Crippen LogP contribution in [-0.2, 0) is 5.75 Å². The smallest absolute Gasteiger partial charge is 0.335 e. The van der Waals surface area contributed by atoms with Gasteiger partial charge < -0.3 is 10.8 Å². The molecular formula is C15H15NO2S. The number of anilines is 1. The number of carbonyl (C=O) groups is 1. The van der Waals surface area contributed by atoms with Crippen LogP contribution in [0.3, 0.4) is 0 Å². The van der Waals surface area contributed by atoms with Crippen molar-refractivity contribution in [1.29, 1.82) is 0 Å². The fourth-order valence-electron chi connectivity index (χ4n) is 1.78. The van der Waals surface area contributed by atoms with Crippen molar-refractivity contribution < 1.29 is 9.90 Å². The standard InChI is InChI=1S/C15H15NO2S/c1-10-3-2-4-11(7-10)9-19-14-6-5-12(15(17)18)8-13(14)16/h2-8H,9,16H2,1H3,(H,17,18). The summed E-state index contributed by atoms with van der Waals surface area (Å²) in [6, 6.07) is 13.1. The quantitative estimate of drug-likeness (QED) is 0.660. The van der Waals surface area contributed by atoms with Crippen molar-refractivity contribution in [2.24, 2.45) is 0 Å². The number of aromatic carboxylic acids is 1. The van der Waals surface area contributed by atoms with Gasteiger partial charge in [0.05, 0.1) is 5.56 Å². The molecule has 2 aromatic carbocycles. The molecule has 2 aromatic rings. The Labute approximate surface area is 116 Å². The molecule has 0 amide bonds. The van der Waals surface area contributed by atoms with Gasteiger partial charge in [0, 0.05) is 16.3 Å². The second-order valence-corrected chi connectivity index (χ2v) is 5.35. The fourth-order valence-corrected chi connectivity index (χ4v) is 2.67. The van der Waals surface area contributed by atoms with Crippen LogP contribution in [0.5, 0.6) is 0 Å². The maximum Gasteiger partial charge on any atom is 0.335 e. The summed E-state index contributed by atoms with van der Waals surface area (Å²) in [6.07, 6.45) is 0. The SMILES string of the molecule is Cc1cccc(CSc2ccc(C(=O)O)cc2N)c1. The van der Waals surface area contributed by atoms with Gasteiger partial charge in [0.15, 0.2) is 0 Å². The molecular weight excluding hydrogens is 258 g/mol. The van der Waals surface area contributed by atoms with Crippen molar-refractivity contribution in [3.63, 3.8) is 0 Å². The summed E-state index contributed by atoms with van der Waals surface area (Å²) in [4.78, 5) is 11.7. The number of carboxylic acid groups (broad SMARTS) is 1. The van der Waals surface area contributed by atoms with Gasteiger partial charge in [0.25, 0.3) is 0 Å². The molecule has 0 heterocycles. The van der Waals surface area contributed by atoms with Crippen molar-refractivity contribution in [2.45, 2.75) is 17.6 Å². The first-order valence-electron chi connectivity index (χ1n) is 5.87. The van der Waals surface area contributed by atoms with E-state index in [9.17, 15) is 4.79 Å². The van der Waals surface area contributed by atoms with Crippen molar-refractivity contribution in [1.82, 2.24) is 0 Å². The fraction of sp³-hybridized carbons (Fsp3) is 0.133. The zero-order valence-corrected chi connectivity index (χ0v) is 11.4. The van der Waals surface area contributed by atoms with Gasteiger partial charge in [-0.05, 0) is 30.7 Å². The van der Waals surface area contributed by atoms with Gasteiger partial charge in [-0.1, -0.05) is 29.8 Å². The second-order valence-electron chi connectivity index (χ2n) is 4.34. The van der Waals surface area contributed by atoms with Crippen LogP contribution in [-0.4, -0.2) is 11.1 Å². The van der Waals surface area contributed by atoms with E-state index in [0.717, 1.165) is 10.6 Å². The maximum absolute atomic E-state index is 10.8. The number of hydrogen-bond donors (Lipinski definition) is 2. The van der Waals surface area contributed by atoms with E-state index in [2.05, 4.69) is 25.1 Å². The summed E-state index contributed by atoms with van der Waals surface area (Å²) in [6.45, 7) is 2.06. The molecule has 3 N–H and O–H groups in total. The number of aryl methyl sites for hydroxylation is 1. The molecule has 0 unspecified atom stereocenters. The Morgan fingerprint density at radius 1 is 1.26 bits per heavy atom. The van der Waals surface area contributed by atoms with Crippen LogP contribution in [0, 0.1) is 6.92 Å². The molecule has 2 rings (SSSR count). The topological polar surface area (TPSA) is 63.3 Å². The van der Waals surface area contributed by atoms with E-state index in [1.807, 2.05) is 6.07 Å². The number of nitrogens with two attached hydrogens (primary N) is 1. The van der Waals surface area contributed by atoms with Gasteiger partial charge in [-0.3, -0.25) is 0 Å². The van der Waals surface area contributed by atoms with E-state index in [-0.39, 0.29) is 5.56 Å². The van der Waals surface area contributed by atoms with E-state index < -0.39 is 5.97 Å². The molecule has 4 heteroatoms. The van der Waals surface area contributed by atoms with Crippen LogP contribution < -0.4 is 5.73 Å². The Kier molecular flexibility index (Phi) is 4.12. The Bertz CT molecular complexity index is 611. The van der Waals surface area contributed by atoms with Crippen molar-refractivity contribution in [3.05, 3.63) is 59.2 Å². The minimum absolute atomic E-state index is 0.220. The van der Waals surface area contributed by atoms with Gasteiger partial charge in [0.2, 0.25) is 0 Å². The summed E-state index contributed by atoms with van der Waals surface area (Å²) in [5, 5.41) is 8.88. The third kappa shape index (κ3) is 3.51. The lowest BCUT2D eigenvalue weighted by molar-refractivity contribution is 0.0697. The molecule has 19 heavy (non-hydrogen) atoms. The highest BCUT2D eigenvalue weighted by Crippen LogP contribution is 2.29. The predicted octanol–water partition coefficient (Wildman–Crippen LogP) is 3.57. The second kappa shape index (κ2) is 5.80. The first-order valence-corrected chi connectivity index (χ1v) is 6.86. The monoisotopic (exact) mass is 273 g/mol. The summed E-state index contributed by atoms with van der Waals surface area (Å²) in [7, 11) is 0. The van der Waals surface area contributed by atoms with Gasteiger partial charge in [-0.2, -0.15) is 0 Å². The first-order chi connectivity index (χ1) is 9.06. The molecule has 0 bridgehead atoms. The van der Waals surface area contributed by atoms with Gasteiger partial charge in [-0.25, -0.2) is 4.79 Å². The maximum atomic E-state index is 10.8. The highest BCUT2D eigenvalue weighted by atomic mass is 32.2. The lowest BCUT2D eigenvalue weighted by Crippen LogP contribution is -1.98. The lowest BCUT2D eigenvalue weighted by atomic mass is 10.2. The van der Waals surface area contributed by atoms with Crippen LogP contribution in [0.25, 0.3) is 0 Å². The summed E-state index contributed by atoms with van der Waals surface area (Å²) >= 11 is 1.61. The molecule has 0 aliphatic heterocycles. The van der Waals surface area contributed by atoms with Gasteiger partial charge >= 0.3 is 5.97 Å². The lowest BCUT2D eigenvalue weighted by Gasteiger charge is -2.07. The van der Waals surface area contributed by atoms with E-state index >= 15 is 0 Å². The normalized spacial score (nSPS) is 10.4. The molecule has 0 aliphatic rings. The molecule has 3 nitrogen and oxygen atoms in total. The van der Waals surface area contributed by atoms with Crippen LogP contribution >= 0.6 is 11.8 Å². The van der Waals surface area contributed by atoms with Crippen molar-refractivity contribution >= 4 is 23.4 Å². The number of rotatable bonds is 4. The highest BCUT2D eigenvalue weighted by molar-refractivity contribution is 7.98. The van der Waals surface area contributed by atoms with E-state index in [0.29, 0.717) is 5.69 Å². The van der Waals surface area contributed by atoms with E-state index in [1.165, 1.54) is 17.2 Å². The zero-order valence-electron chi connectivity index (χ0n) is 10.6. The van der Waals surface area contributed by atoms with Crippen LogP contribution in [0.4, 0.5) is 5.69 Å². The Hall–Kier alpha value is -1.94. The van der Waals surface area contributed by atoms with Gasteiger partial charge in [0.1, 0.15) is 0 Å². The number of carboxylic acids is 1. The number of nitrogen functional groups attached to an aromatic ring is 1. The third-order valence-corrected chi connectivity index (χ3v) is 3.89. The zero-order chi connectivity index (χ0) is 13.8. The number of hydrogen-bond acceptors (Lipinski definition) is 3. The van der Waals surface area contributed by atoms with Gasteiger partial charge in [-0.15, -0.1) is 11.8 Å². The summed E-state index contributed by atoms with van der Waals surface area (Å²) < 4.78 is 0. The minimum Gasteiger partial charge on any atom is -0.478 e. The molecule has 0 saturated carbocycles. The van der Waals surface area contributed by atoms with Crippen molar-refractivity contribution in [3.8, 4) is 0 Å². The Morgan fingerprint density at radius 2 is 2.05 bits per heavy atom. The molecule has 0 spiro atoms. The molecule has 98 valence electrons. The van der Waals surface area contributed by atoms with Crippen LogP contribution in [0.1, 0.15) is 21.5 Å². The third-order valence-electron chi connectivity index (χ3n) is 2.73. The Balaban J connectivity index is 2.10. The van der Waals surface area contributed by atoms with E-state index in [4.69, 9.17) is 10.8 Å². The highest BCUT2D eigenvalue weighted by Gasteiger charge is 2.07. The molecule has 0 saturated heterocycles. The molecule has 0 atom stereocenters. The minimum atomic E-state index is -0.957. The average molecular weight is 273 g/mol.